The minimum Gasteiger partial charge on any atom is -0.508 e. The highest BCUT2D eigenvalue weighted by Crippen LogP contribution is 2.56. The highest BCUT2D eigenvalue weighted by atomic mass is 79.9. The number of amides is 2. The van der Waals surface area contributed by atoms with Crippen LogP contribution in [0.5, 0.6) is 5.75 Å². The number of carbonyl (C=O) groups is 4. The van der Waals surface area contributed by atoms with Gasteiger partial charge in [0.1, 0.15) is 5.75 Å². The molecule has 1 saturated heterocycles. The number of hydrogen-bond acceptors (Lipinski definition) is 10. The maximum Gasteiger partial charge on any atom is 0.301 e. The second-order valence-corrected chi connectivity index (χ2v) is 12.1. The Labute approximate surface area is 257 Å². The number of halogens is 1. The number of ketones is 2. The van der Waals surface area contributed by atoms with E-state index in [0.717, 1.165) is 17.0 Å². The fourth-order valence-electron chi connectivity index (χ4n) is 7.00. The molecule has 1 aliphatic heterocycles. The Morgan fingerprint density at radius 3 is 2.23 bits per heavy atom. The number of rotatable bonds is 5. The molecule has 0 aromatic heterocycles. The van der Waals surface area contributed by atoms with Gasteiger partial charge in [0.25, 0.3) is 0 Å². The zero-order chi connectivity index (χ0) is 31.8. The van der Waals surface area contributed by atoms with Crippen molar-refractivity contribution in [3.05, 3.63) is 95.5 Å². The number of nitrogens with zero attached hydrogens (tertiary/aromatic N) is 4. The summed E-state index contributed by atoms with van der Waals surface area (Å²) in [6.07, 6.45) is 3.06. The van der Waals surface area contributed by atoms with Gasteiger partial charge in [-0.05, 0) is 52.4 Å². The molecule has 1 N–H and O–H groups in total. The Morgan fingerprint density at radius 1 is 0.977 bits per heavy atom. The predicted octanol–water partition coefficient (Wildman–Crippen LogP) is 4.24. The lowest BCUT2D eigenvalue weighted by Crippen LogP contribution is -2.39. The molecular formula is C30H23BrN4O9. The zero-order valence-electron chi connectivity index (χ0n) is 23.2. The number of allylic oxidation sites excluding steroid dienone is 6. The van der Waals surface area contributed by atoms with Gasteiger partial charge >= 0.3 is 11.4 Å². The quantitative estimate of drug-likeness (QED) is 0.160. The first-order valence-electron chi connectivity index (χ1n) is 13.5. The van der Waals surface area contributed by atoms with Gasteiger partial charge < -0.3 is 10.0 Å². The molecule has 4 atom stereocenters. The number of carbonyl (C=O) groups excluding carboxylic acids is 4. The molecule has 0 spiro atoms. The molecule has 0 saturated carbocycles. The van der Waals surface area contributed by atoms with Crippen LogP contribution in [-0.4, -0.2) is 52.4 Å². The number of nitro groups is 2. The molecule has 0 radical (unpaired) electrons. The maximum absolute atomic E-state index is 14.2. The van der Waals surface area contributed by atoms with Crippen molar-refractivity contribution >= 4 is 62.1 Å². The van der Waals surface area contributed by atoms with Gasteiger partial charge in [-0.3, -0.25) is 39.4 Å². The van der Waals surface area contributed by atoms with Crippen molar-refractivity contribution in [2.45, 2.75) is 18.8 Å². The molecule has 13 nitrogen and oxygen atoms in total. The minimum absolute atomic E-state index is 0.0160. The van der Waals surface area contributed by atoms with Crippen LogP contribution in [0, 0.1) is 38.0 Å². The van der Waals surface area contributed by atoms with Gasteiger partial charge in [-0.1, -0.05) is 23.8 Å². The van der Waals surface area contributed by atoms with Gasteiger partial charge in [0.2, 0.25) is 11.8 Å². The van der Waals surface area contributed by atoms with Gasteiger partial charge in [0.05, 0.1) is 31.9 Å². The molecule has 4 aliphatic rings. The van der Waals surface area contributed by atoms with Gasteiger partial charge in [-0.2, -0.15) is 0 Å². The maximum atomic E-state index is 14.2. The minimum atomic E-state index is -1.00. The Hall–Kier alpha value is -4.98. The molecule has 1 heterocycles. The van der Waals surface area contributed by atoms with Crippen LogP contribution < -0.4 is 9.80 Å². The first-order valence-corrected chi connectivity index (χ1v) is 14.3. The Morgan fingerprint density at radius 2 is 1.64 bits per heavy atom. The number of nitro benzene ring substituents is 2. The van der Waals surface area contributed by atoms with Crippen molar-refractivity contribution in [3.63, 3.8) is 0 Å². The van der Waals surface area contributed by atoms with E-state index in [9.17, 15) is 44.5 Å². The highest BCUT2D eigenvalue weighted by Gasteiger charge is 2.57. The number of anilines is 2. The zero-order valence-corrected chi connectivity index (χ0v) is 24.8. The van der Waals surface area contributed by atoms with E-state index in [4.69, 9.17) is 0 Å². The number of phenolic OH excluding ortho intramolecular Hbond substituents is 1. The third-order valence-corrected chi connectivity index (χ3v) is 9.28. The molecular weight excluding hydrogens is 640 g/mol. The number of phenols is 1. The van der Waals surface area contributed by atoms with Crippen LogP contribution in [0.1, 0.15) is 24.3 Å². The highest BCUT2D eigenvalue weighted by molar-refractivity contribution is 9.12. The summed E-state index contributed by atoms with van der Waals surface area (Å²) >= 11 is 3.16. The Kier molecular flexibility index (Phi) is 6.83. The second kappa shape index (κ2) is 10.3. The third-order valence-electron chi connectivity index (χ3n) is 8.69. The lowest BCUT2D eigenvalue weighted by Gasteiger charge is -2.42. The lowest BCUT2D eigenvalue weighted by atomic mass is 9.59. The van der Waals surface area contributed by atoms with E-state index in [2.05, 4.69) is 15.9 Å². The van der Waals surface area contributed by atoms with E-state index in [0.29, 0.717) is 11.1 Å². The molecule has 0 unspecified atom stereocenters. The summed E-state index contributed by atoms with van der Waals surface area (Å²) in [4.78, 5) is 78.9. The fourth-order valence-corrected chi connectivity index (χ4v) is 7.45. The monoisotopic (exact) mass is 662 g/mol. The van der Waals surface area contributed by atoms with Crippen molar-refractivity contribution in [2.24, 2.45) is 17.8 Å². The lowest BCUT2D eigenvalue weighted by molar-refractivity contribution is -0.392. The van der Waals surface area contributed by atoms with Crippen LogP contribution in [0.3, 0.4) is 0 Å². The molecule has 2 aromatic carbocycles. The topological polar surface area (TPSA) is 181 Å². The van der Waals surface area contributed by atoms with Crippen molar-refractivity contribution in [1.29, 1.82) is 0 Å². The molecule has 224 valence electrons. The van der Waals surface area contributed by atoms with Crippen molar-refractivity contribution in [1.82, 2.24) is 0 Å². The van der Waals surface area contributed by atoms with Crippen molar-refractivity contribution in [2.75, 3.05) is 23.9 Å². The van der Waals surface area contributed by atoms with Gasteiger partial charge in [0, 0.05) is 49.4 Å². The van der Waals surface area contributed by atoms with E-state index in [1.807, 2.05) is 0 Å². The predicted molar refractivity (Wildman–Crippen MR) is 159 cm³/mol. The smallest absolute Gasteiger partial charge is 0.301 e. The molecule has 2 amide bonds. The van der Waals surface area contributed by atoms with Crippen LogP contribution in [0.25, 0.3) is 0 Å². The number of aromatic hydroxyl groups is 1. The first-order chi connectivity index (χ1) is 20.8. The number of fused-ring (bicyclic) bond motifs is 3. The number of hydrogen-bond donors (Lipinski definition) is 1. The number of Topliss-reactive ketones (excluding diaryl/α,β-unsaturated/α-hetero) is 1. The van der Waals surface area contributed by atoms with Crippen molar-refractivity contribution < 1.29 is 34.1 Å². The van der Waals surface area contributed by atoms with Gasteiger partial charge in [0.15, 0.2) is 17.3 Å². The van der Waals surface area contributed by atoms with Crippen LogP contribution in [-0.2, 0) is 19.2 Å². The van der Waals surface area contributed by atoms with E-state index >= 15 is 0 Å². The van der Waals surface area contributed by atoms with Crippen LogP contribution >= 0.6 is 15.9 Å². The van der Waals surface area contributed by atoms with Crippen molar-refractivity contribution in [3.8, 4) is 5.75 Å². The summed E-state index contributed by atoms with van der Waals surface area (Å²) in [6, 6.07) is 8.21. The summed E-state index contributed by atoms with van der Waals surface area (Å²) in [6.45, 7) is 0. The Bertz CT molecular complexity index is 1810. The molecule has 1 fully saturated rings. The van der Waals surface area contributed by atoms with Crippen LogP contribution in [0.4, 0.5) is 22.7 Å². The first kappa shape index (κ1) is 29.1. The van der Waals surface area contributed by atoms with E-state index in [1.54, 1.807) is 18.2 Å². The second-order valence-electron chi connectivity index (χ2n) is 11.2. The van der Waals surface area contributed by atoms with Crippen LogP contribution in [0.2, 0.25) is 0 Å². The summed E-state index contributed by atoms with van der Waals surface area (Å²) in [7, 11) is 2.81. The summed E-state index contributed by atoms with van der Waals surface area (Å²) in [5, 5.41) is 34.2. The molecule has 2 aromatic rings. The average molecular weight is 663 g/mol. The van der Waals surface area contributed by atoms with Gasteiger partial charge in [-0.15, -0.1) is 0 Å². The largest absolute Gasteiger partial charge is 0.508 e. The van der Waals surface area contributed by atoms with Gasteiger partial charge in [-0.25, -0.2) is 4.90 Å². The summed E-state index contributed by atoms with van der Waals surface area (Å²) in [5.41, 5.74) is -0.269. The SMILES string of the molecule is CN(C)c1c([N+](=O)[O-])cc(N2C(=O)[C@H]3[C@H](CC=C4[C@H](c5cccc(O)c5)C5=C(C[C@H]43)C(=O)C(Br)=CC5=O)C2=O)cc1[N+](=O)[O-]. The summed E-state index contributed by atoms with van der Waals surface area (Å²) < 4.78 is 0.0618. The molecule has 14 heteroatoms. The van der Waals surface area contributed by atoms with E-state index < -0.39 is 68.3 Å². The Balaban J connectivity index is 1.48. The fraction of sp³-hybridized carbons (Fsp3) is 0.267. The number of imide groups is 1. The molecule has 44 heavy (non-hydrogen) atoms. The number of benzene rings is 2. The van der Waals surface area contributed by atoms with E-state index in [1.165, 1.54) is 37.2 Å². The molecule has 0 bridgehead atoms. The average Bonchev–Trinajstić information content (AvgIpc) is 3.23. The normalized spacial score (nSPS) is 24.4. The molecule has 6 rings (SSSR count). The summed E-state index contributed by atoms with van der Waals surface area (Å²) in [5.74, 6) is -5.64. The molecule has 3 aliphatic carbocycles. The van der Waals surface area contributed by atoms with Crippen LogP contribution in [0.15, 0.2) is 69.8 Å². The van der Waals surface area contributed by atoms with E-state index in [-0.39, 0.29) is 45.6 Å². The standard InChI is InChI=1S/C30H23BrN4O9/c1-32(2)27-21(34(41)42)9-14(10-22(27)35(43)44)33-29(39)17-7-6-16-18(25(17)30(33)40)11-19-26(23(37)12-20(31)28(19)38)24(16)13-4-3-5-15(36)8-13/h3-6,8-10,12,17-18,24-25,36H,7,11H2,1-2H3/t17-,18+,24-,25-/m0/s1. The third kappa shape index (κ3) is 4.27.